The molecule has 3 rings (SSSR count). The van der Waals surface area contributed by atoms with Crippen molar-refractivity contribution in [2.45, 2.75) is 50.2 Å². The number of benzene rings is 1. The second-order valence-corrected chi connectivity index (χ2v) is 8.22. The fourth-order valence-corrected chi connectivity index (χ4v) is 4.95. The average molecular weight is 362 g/mol. The molecule has 0 radical (unpaired) electrons. The first-order valence-corrected chi connectivity index (χ1v) is 9.96. The number of carbonyl (C=O) groups is 1. The Kier molecular flexibility index (Phi) is 4.94. The van der Waals surface area contributed by atoms with Crippen molar-refractivity contribution in [3.8, 4) is 0 Å². The molecule has 3 atom stereocenters. The molecule has 1 aromatic carbocycles. The van der Waals surface area contributed by atoms with Crippen LogP contribution in [0.1, 0.15) is 33.1 Å². The van der Waals surface area contributed by atoms with Crippen molar-refractivity contribution >= 4 is 20.8 Å². The van der Waals surface area contributed by atoms with Gasteiger partial charge in [-0.25, -0.2) is 8.42 Å². The third-order valence-corrected chi connectivity index (χ3v) is 6.45. The first-order chi connectivity index (χ1) is 12.0. The summed E-state index contributed by atoms with van der Waals surface area (Å²) in [7, 11) is -3.76. The number of rotatable bonds is 4. The number of sulfone groups is 1. The highest BCUT2D eigenvalue weighted by Gasteiger charge is 2.49. The number of hydrogen-bond acceptors (Lipinski definition) is 5. The van der Waals surface area contributed by atoms with E-state index >= 15 is 0 Å². The second kappa shape index (κ2) is 7.00. The zero-order chi connectivity index (χ0) is 18.0. The molecule has 0 aliphatic carbocycles. The number of oxime groups is 1. The van der Waals surface area contributed by atoms with Crippen LogP contribution in [0.5, 0.6) is 0 Å². The van der Waals surface area contributed by atoms with Crippen LogP contribution in [-0.2, 0) is 19.5 Å². The molecule has 2 aliphatic heterocycles. The third kappa shape index (κ3) is 3.20. The Hall–Kier alpha value is -2.15. The van der Waals surface area contributed by atoms with E-state index < -0.39 is 21.9 Å². The number of unbranched alkanes of at least 4 members (excludes halogenated alkanes) is 1. The molecule has 0 aromatic heterocycles. The first-order valence-electron chi connectivity index (χ1n) is 8.48. The summed E-state index contributed by atoms with van der Waals surface area (Å²) in [6.07, 6.45) is 5.51. The van der Waals surface area contributed by atoms with Crippen LogP contribution in [0.4, 0.5) is 0 Å². The minimum atomic E-state index is -3.76. The molecule has 1 aromatic rings. The maximum atomic E-state index is 13.0. The number of nitrogens with zero attached hydrogens (tertiary/aromatic N) is 2. The van der Waals surface area contributed by atoms with Crippen LogP contribution in [0, 0.1) is 5.92 Å². The largest absolute Gasteiger partial charge is 0.387 e. The summed E-state index contributed by atoms with van der Waals surface area (Å²) in [6, 6.07) is 7.95. The van der Waals surface area contributed by atoms with Gasteiger partial charge in [0.05, 0.1) is 10.8 Å². The van der Waals surface area contributed by atoms with Crippen LogP contribution in [0.15, 0.2) is 52.7 Å². The lowest BCUT2D eigenvalue weighted by Crippen LogP contribution is -2.50. The molecule has 2 aliphatic rings. The van der Waals surface area contributed by atoms with Crippen molar-refractivity contribution in [2.75, 3.05) is 0 Å². The van der Waals surface area contributed by atoms with Crippen molar-refractivity contribution in [1.82, 2.24) is 4.90 Å². The Morgan fingerprint density at radius 3 is 2.64 bits per heavy atom. The van der Waals surface area contributed by atoms with E-state index in [9.17, 15) is 13.2 Å². The van der Waals surface area contributed by atoms with Crippen molar-refractivity contribution in [2.24, 2.45) is 11.1 Å². The number of fused-ring (bicyclic) bond motifs is 1. The van der Waals surface area contributed by atoms with Gasteiger partial charge in [-0.05, 0) is 24.6 Å². The number of carbonyl (C=O) groups excluding carboxylic acids is 1. The summed E-state index contributed by atoms with van der Waals surface area (Å²) in [5.74, 6) is -0.593. The van der Waals surface area contributed by atoms with E-state index in [4.69, 9.17) is 4.84 Å². The summed E-state index contributed by atoms with van der Waals surface area (Å²) in [6.45, 7) is 3.55. The monoisotopic (exact) mass is 362 g/mol. The molecular weight excluding hydrogens is 340 g/mol. The lowest BCUT2D eigenvalue weighted by Gasteiger charge is -2.37. The van der Waals surface area contributed by atoms with Crippen LogP contribution in [0.25, 0.3) is 0 Å². The quantitative estimate of drug-likeness (QED) is 0.825. The molecule has 0 spiro atoms. The molecule has 6 nitrogen and oxygen atoms in total. The van der Waals surface area contributed by atoms with Gasteiger partial charge in [0.1, 0.15) is 0 Å². The van der Waals surface area contributed by atoms with Gasteiger partial charge in [0.2, 0.25) is 15.7 Å². The van der Waals surface area contributed by atoms with Gasteiger partial charge in [0.25, 0.3) is 0 Å². The molecule has 2 heterocycles. The molecule has 0 saturated heterocycles. The molecule has 0 unspecified atom stereocenters. The van der Waals surface area contributed by atoms with E-state index in [1.165, 1.54) is 6.92 Å². The van der Waals surface area contributed by atoms with Crippen molar-refractivity contribution in [3.63, 3.8) is 0 Å². The maximum Gasteiger partial charge on any atom is 0.223 e. The molecule has 0 saturated carbocycles. The Morgan fingerprint density at radius 1 is 1.28 bits per heavy atom. The topological polar surface area (TPSA) is 76.0 Å². The normalized spacial score (nSPS) is 25.3. The van der Waals surface area contributed by atoms with E-state index in [0.717, 1.165) is 12.8 Å². The van der Waals surface area contributed by atoms with Crippen LogP contribution in [0.3, 0.4) is 0 Å². The van der Waals surface area contributed by atoms with Crippen LogP contribution in [-0.4, -0.2) is 36.4 Å². The average Bonchev–Trinajstić information content (AvgIpc) is 3.05. The predicted octanol–water partition coefficient (Wildman–Crippen LogP) is 2.72. The highest BCUT2D eigenvalue weighted by Crippen LogP contribution is 2.36. The molecule has 1 amide bonds. The fourth-order valence-electron chi connectivity index (χ4n) is 3.40. The fraction of sp³-hybridized carbons (Fsp3) is 0.444. The summed E-state index contributed by atoms with van der Waals surface area (Å²) < 4.78 is 26.1. The highest BCUT2D eigenvalue weighted by atomic mass is 32.2. The number of hydrogen-bond donors (Lipinski definition) is 0. The Bertz CT molecular complexity index is 802. The lowest BCUT2D eigenvalue weighted by molar-refractivity contribution is -0.129. The molecule has 0 N–H and O–H groups in total. The Labute approximate surface area is 148 Å². The van der Waals surface area contributed by atoms with E-state index in [0.29, 0.717) is 6.42 Å². The van der Waals surface area contributed by atoms with Gasteiger partial charge in [-0.1, -0.05) is 43.1 Å². The predicted molar refractivity (Wildman–Crippen MR) is 94.4 cm³/mol. The van der Waals surface area contributed by atoms with Gasteiger partial charge in [0.15, 0.2) is 11.1 Å². The van der Waals surface area contributed by atoms with Crippen molar-refractivity contribution in [3.05, 3.63) is 42.6 Å². The SMILES string of the molecule is CCCC[C@@H]1[C@@H]2C(S(=O)(=O)c3ccccc3)=NO[C@@H]2C=CN1C(C)=O. The Balaban J connectivity index is 2.00. The van der Waals surface area contributed by atoms with Crippen molar-refractivity contribution in [1.29, 1.82) is 0 Å². The number of amides is 1. The zero-order valence-electron chi connectivity index (χ0n) is 14.3. The van der Waals surface area contributed by atoms with Crippen molar-refractivity contribution < 1.29 is 18.0 Å². The maximum absolute atomic E-state index is 13.0. The summed E-state index contributed by atoms with van der Waals surface area (Å²) in [5.41, 5.74) is 0. The summed E-state index contributed by atoms with van der Waals surface area (Å²) >= 11 is 0. The zero-order valence-corrected chi connectivity index (χ0v) is 15.1. The van der Waals surface area contributed by atoms with Gasteiger partial charge in [-0.2, -0.15) is 0 Å². The molecule has 0 fully saturated rings. The standard InChI is InChI=1S/C18H22N2O4S/c1-3-4-10-15-17-16(11-12-20(15)13(2)21)24-19-18(17)25(22,23)14-8-6-5-7-9-14/h5-9,11-12,15-17H,3-4,10H2,1-2H3/t15-,16-,17+/m1/s1. The first kappa shape index (κ1) is 17.7. The Morgan fingerprint density at radius 2 is 2.00 bits per heavy atom. The highest BCUT2D eigenvalue weighted by molar-refractivity contribution is 8.06. The molecular formula is C18H22N2O4S. The summed E-state index contributed by atoms with van der Waals surface area (Å²) in [5, 5.41) is 3.93. The van der Waals surface area contributed by atoms with Gasteiger partial charge in [-0.3, -0.25) is 4.79 Å². The van der Waals surface area contributed by atoms with E-state index in [1.54, 1.807) is 47.5 Å². The van der Waals surface area contributed by atoms with Gasteiger partial charge in [-0.15, -0.1) is 0 Å². The minimum absolute atomic E-state index is 0.0143. The molecule has 134 valence electrons. The van der Waals surface area contributed by atoms with Crippen LogP contribution >= 0.6 is 0 Å². The molecule has 7 heteroatoms. The summed E-state index contributed by atoms with van der Waals surface area (Å²) in [4.78, 5) is 19.2. The minimum Gasteiger partial charge on any atom is -0.387 e. The second-order valence-electron chi connectivity index (χ2n) is 6.32. The van der Waals surface area contributed by atoms with Crippen LogP contribution < -0.4 is 0 Å². The molecule has 25 heavy (non-hydrogen) atoms. The third-order valence-electron chi connectivity index (χ3n) is 4.66. The lowest BCUT2D eigenvalue weighted by atomic mass is 9.87. The van der Waals surface area contributed by atoms with Gasteiger partial charge in [0, 0.05) is 19.2 Å². The van der Waals surface area contributed by atoms with Gasteiger partial charge >= 0.3 is 0 Å². The molecule has 0 bridgehead atoms. The van der Waals surface area contributed by atoms with Crippen LogP contribution in [0.2, 0.25) is 0 Å². The van der Waals surface area contributed by atoms with E-state index in [2.05, 4.69) is 12.1 Å². The van der Waals surface area contributed by atoms with E-state index in [-0.39, 0.29) is 21.9 Å². The van der Waals surface area contributed by atoms with Gasteiger partial charge < -0.3 is 9.74 Å². The van der Waals surface area contributed by atoms with E-state index in [1.807, 2.05) is 0 Å². The smallest absolute Gasteiger partial charge is 0.223 e.